The normalized spacial score (nSPS) is 15.5. The summed E-state index contributed by atoms with van der Waals surface area (Å²) in [6.45, 7) is 5.52. The van der Waals surface area contributed by atoms with E-state index in [1.54, 1.807) is 20.8 Å². The summed E-state index contributed by atoms with van der Waals surface area (Å²) in [6.07, 6.45) is -4.97. The number of anilines is 1. The fourth-order valence-electron chi connectivity index (χ4n) is 2.98. The molecule has 1 aliphatic heterocycles. The maximum atomic E-state index is 13.0. The van der Waals surface area contributed by atoms with Gasteiger partial charge in [-0.1, -0.05) is 20.8 Å². The van der Waals surface area contributed by atoms with Gasteiger partial charge in [0.2, 0.25) is 5.91 Å². The Hall–Kier alpha value is -2.92. The van der Waals surface area contributed by atoms with Crippen LogP contribution in [0.15, 0.2) is 12.1 Å². The SMILES string of the molecule is CC(C)(C)C(=O)N1CCN(c2c([N+](=O)[O-])cc(C(F)(F)F)cc2[N+](=O)[O-])CC1. The number of hydrogen-bond donors (Lipinski definition) is 0. The molecule has 1 saturated heterocycles. The number of nitrogens with zero attached hydrogens (tertiary/aromatic N) is 4. The highest BCUT2D eigenvalue weighted by Gasteiger charge is 2.40. The van der Waals surface area contributed by atoms with Crippen LogP contribution in [0, 0.1) is 25.6 Å². The van der Waals surface area contributed by atoms with Gasteiger partial charge < -0.3 is 9.80 Å². The Kier molecular flexibility index (Phi) is 5.53. The molecule has 28 heavy (non-hydrogen) atoms. The average molecular weight is 404 g/mol. The minimum atomic E-state index is -4.97. The second-order valence-corrected chi connectivity index (χ2v) is 7.40. The number of amides is 1. The van der Waals surface area contributed by atoms with E-state index in [4.69, 9.17) is 0 Å². The van der Waals surface area contributed by atoms with E-state index in [1.807, 2.05) is 0 Å². The summed E-state index contributed by atoms with van der Waals surface area (Å²) < 4.78 is 39.0. The molecule has 1 aromatic rings. The second-order valence-electron chi connectivity index (χ2n) is 7.40. The summed E-state index contributed by atoms with van der Waals surface area (Å²) in [4.78, 5) is 35.7. The molecule has 12 heteroatoms. The minimum absolute atomic E-state index is 0.0227. The molecule has 0 aromatic heterocycles. The van der Waals surface area contributed by atoms with Crippen molar-refractivity contribution in [1.29, 1.82) is 0 Å². The number of carbonyl (C=O) groups is 1. The lowest BCUT2D eigenvalue weighted by Crippen LogP contribution is -2.51. The molecule has 1 aliphatic rings. The van der Waals surface area contributed by atoms with Crippen molar-refractivity contribution in [2.75, 3.05) is 31.1 Å². The van der Waals surface area contributed by atoms with Crippen molar-refractivity contribution in [2.45, 2.75) is 26.9 Å². The Balaban J connectivity index is 2.44. The number of benzene rings is 1. The Morgan fingerprint density at radius 1 is 0.964 bits per heavy atom. The Morgan fingerprint density at radius 2 is 1.39 bits per heavy atom. The lowest BCUT2D eigenvalue weighted by Gasteiger charge is -2.38. The van der Waals surface area contributed by atoms with Crippen molar-refractivity contribution < 1.29 is 27.8 Å². The molecule has 2 rings (SSSR count). The van der Waals surface area contributed by atoms with Gasteiger partial charge in [-0.15, -0.1) is 0 Å². The van der Waals surface area contributed by atoms with Crippen molar-refractivity contribution >= 4 is 23.0 Å². The molecule has 9 nitrogen and oxygen atoms in total. The third-order valence-electron chi connectivity index (χ3n) is 4.32. The molecule has 0 N–H and O–H groups in total. The van der Waals surface area contributed by atoms with Gasteiger partial charge in [-0.05, 0) is 0 Å². The summed E-state index contributed by atoms with van der Waals surface area (Å²) in [7, 11) is 0. The molecule has 0 saturated carbocycles. The monoisotopic (exact) mass is 404 g/mol. The maximum Gasteiger partial charge on any atom is 0.416 e. The van der Waals surface area contributed by atoms with Crippen LogP contribution in [-0.2, 0) is 11.0 Å². The quantitative estimate of drug-likeness (QED) is 0.565. The first kappa shape index (κ1) is 21.4. The van der Waals surface area contributed by atoms with Gasteiger partial charge in [-0.3, -0.25) is 25.0 Å². The van der Waals surface area contributed by atoms with Gasteiger partial charge in [-0.25, -0.2) is 0 Å². The zero-order chi connectivity index (χ0) is 21.4. The van der Waals surface area contributed by atoms with Crippen LogP contribution in [0.4, 0.5) is 30.2 Å². The van der Waals surface area contributed by atoms with Gasteiger partial charge in [-0.2, -0.15) is 13.2 Å². The van der Waals surface area contributed by atoms with Gasteiger partial charge in [0.1, 0.15) is 0 Å². The predicted molar refractivity (Wildman–Crippen MR) is 93.0 cm³/mol. The van der Waals surface area contributed by atoms with E-state index in [2.05, 4.69) is 0 Å². The van der Waals surface area contributed by atoms with Gasteiger partial charge in [0.15, 0.2) is 5.69 Å². The van der Waals surface area contributed by atoms with Crippen LogP contribution in [0.1, 0.15) is 26.3 Å². The molecule has 0 spiro atoms. The highest BCUT2D eigenvalue weighted by atomic mass is 19.4. The Labute approximate surface area is 158 Å². The van der Waals surface area contributed by atoms with Crippen molar-refractivity contribution in [3.05, 3.63) is 37.9 Å². The van der Waals surface area contributed by atoms with Crippen LogP contribution in [0.5, 0.6) is 0 Å². The van der Waals surface area contributed by atoms with Gasteiger partial charge in [0.05, 0.1) is 15.4 Å². The molecule has 1 fully saturated rings. The first-order valence-corrected chi connectivity index (χ1v) is 8.32. The first-order chi connectivity index (χ1) is 12.7. The van der Waals surface area contributed by atoms with E-state index >= 15 is 0 Å². The van der Waals surface area contributed by atoms with Gasteiger partial charge in [0, 0.05) is 43.7 Å². The molecule has 0 unspecified atom stereocenters. The first-order valence-electron chi connectivity index (χ1n) is 8.32. The van der Waals surface area contributed by atoms with Crippen molar-refractivity contribution in [2.24, 2.45) is 5.41 Å². The van der Waals surface area contributed by atoms with E-state index in [0.29, 0.717) is 12.1 Å². The van der Waals surface area contributed by atoms with E-state index in [0.717, 1.165) is 0 Å². The van der Waals surface area contributed by atoms with Gasteiger partial charge >= 0.3 is 6.18 Å². The summed E-state index contributed by atoms with van der Waals surface area (Å²) in [5.74, 6) is -0.149. The predicted octanol–water partition coefficient (Wildman–Crippen LogP) is 3.22. The van der Waals surface area contributed by atoms with E-state index in [9.17, 15) is 38.2 Å². The number of halogens is 3. The summed E-state index contributed by atoms with van der Waals surface area (Å²) in [5.41, 5.74) is -4.56. The smallest absolute Gasteiger partial charge is 0.357 e. The van der Waals surface area contributed by atoms with Crippen LogP contribution in [0.25, 0.3) is 0 Å². The topological polar surface area (TPSA) is 110 Å². The van der Waals surface area contributed by atoms with Crippen molar-refractivity contribution in [3.8, 4) is 0 Å². The molecule has 0 atom stereocenters. The number of hydrogen-bond acceptors (Lipinski definition) is 6. The molecule has 1 amide bonds. The second kappa shape index (κ2) is 7.24. The molecule has 0 radical (unpaired) electrons. The van der Waals surface area contributed by atoms with Crippen molar-refractivity contribution in [1.82, 2.24) is 4.90 Å². The minimum Gasteiger partial charge on any atom is -0.357 e. The Morgan fingerprint density at radius 3 is 1.71 bits per heavy atom. The fourth-order valence-corrected chi connectivity index (χ4v) is 2.98. The molecular formula is C16H19F3N4O5. The molecular weight excluding hydrogens is 385 g/mol. The highest BCUT2D eigenvalue weighted by Crippen LogP contribution is 2.43. The largest absolute Gasteiger partial charge is 0.416 e. The molecule has 1 heterocycles. The average Bonchev–Trinajstić information content (AvgIpc) is 2.58. The lowest BCUT2D eigenvalue weighted by molar-refractivity contribution is -0.393. The summed E-state index contributed by atoms with van der Waals surface area (Å²) in [6, 6.07) is 0.601. The van der Waals surface area contributed by atoms with E-state index in [1.165, 1.54) is 9.80 Å². The third kappa shape index (κ3) is 4.31. The summed E-state index contributed by atoms with van der Waals surface area (Å²) in [5, 5.41) is 22.7. The standard InChI is InChI=1S/C16H19F3N4O5/c1-15(2,3)14(24)21-6-4-20(5-7-21)13-11(22(25)26)8-10(16(17,18)19)9-12(13)23(27)28/h8-9H,4-7H2,1-3H3. The van der Waals surface area contributed by atoms with Crippen LogP contribution >= 0.6 is 0 Å². The van der Waals surface area contributed by atoms with Crippen LogP contribution in [0.2, 0.25) is 0 Å². The molecule has 154 valence electrons. The maximum absolute atomic E-state index is 13.0. The molecule has 0 aliphatic carbocycles. The number of nitro benzene ring substituents is 2. The molecule has 0 bridgehead atoms. The van der Waals surface area contributed by atoms with Gasteiger partial charge in [0.25, 0.3) is 11.4 Å². The van der Waals surface area contributed by atoms with E-state index in [-0.39, 0.29) is 32.1 Å². The number of alkyl halides is 3. The van der Waals surface area contributed by atoms with E-state index < -0.39 is 44.1 Å². The fraction of sp³-hybridized carbons (Fsp3) is 0.562. The number of piperazine rings is 1. The Bertz CT molecular complexity index is 776. The zero-order valence-electron chi connectivity index (χ0n) is 15.4. The van der Waals surface area contributed by atoms with Crippen LogP contribution in [-0.4, -0.2) is 46.8 Å². The third-order valence-corrected chi connectivity index (χ3v) is 4.32. The van der Waals surface area contributed by atoms with Crippen LogP contribution in [0.3, 0.4) is 0 Å². The lowest BCUT2D eigenvalue weighted by atomic mass is 9.94. The number of rotatable bonds is 3. The molecule has 1 aromatic carbocycles. The zero-order valence-corrected chi connectivity index (χ0v) is 15.4. The number of nitro groups is 2. The number of carbonyl (C=O) groups excluding carboxylic acids is 1. The highest BCUT2D eigenvalue weighted by molar-refractivity contribution is 5.82. The van der Waals surface area contributed by atoms with Crippen molar-refractivity contribution in [3.63, 3.8) is 0 Å². The summed E-state index contributed by atoms with van der Waals surface area (Å²) >= 11 is 0. The van der Waals surface area contributed by atoms with Crippen LogP contribution < -0.4 is 4.90 Å².